The Morgan fingerprint density at radius 1 is 1.12 bits per heavy atom. The molecule has 2 unspecified atom stereocenters. The van der Waals surface area contributed by atoms with E-state index in [-0.39, 0.29) is 35.8 Å². The highest BCUT2D eigenvalue weighted by atomic mass is 127. The van der Waals surface area contributed by atoms with Gasteiger partial charge in [0, 0.05) is 52.0 Å². The Labute approximate surface area is 214 Å². The summed E-state index contributed by atoms with van der Waals surface area (Å²) in [5.41, 5.74) is 2.68. The zero-order chi connectivity index (χ0) is 22.3. The molecule has 2 atom stereocenters. The minimum Gasteiger partial charge on any atom is -0.352 e. The number of piperidine rings is 1. The summed E-state index contributed by atoms with van der Waals surface area (Å²) in [5, 5.41) is 6.98. The standard InChI is InChI=1S/C25H35FN6.HI/c1-19-7-6-13-31(16-19)17-21-9-4-3-8-20(21)15-29-25(27-2)30-22-11-14-32(18-22)24-23(26)10-5-12-28-24;/h3-5,8-10,12,19,22H,6-7,11,13-18H2,1-2H3,(H2,27,29,30);1H. The quantitative estimate of drug-likeness (QED) is 0.315. The normalized spacial score (nSPS) is 21.5. The second kappa shape index (κ2) is 12.5. The van der Waals surface area contributed by atoms with Crippen molar-refractivity contribution in [2.45, 2.75) is 45.3 Å². The fraction of sp³-hybridized carbons (Fsp3) is 0.520. The second-order valence-corrected chi connectivity index (χ2v) is 9.06. The molecule has 0 aliphatic carbocycles. The Balaban J connectivity index is 0.00000306. The van der Waals surface area contributed by atoms with Gasteiger partial charge in [-0.15, -0.1) is 24.0 Å². The lowest BCUT2D eigenvalue weighted by Crippen LogP contribution is -2.44. The molecule has 1 aromatic carbocycles. The maximum absolute atomic E-state index is 14.1. The van der Waals surface area contributed by atoms with E-state index in [1.807, 2.05) is 4.90 Å². The molecule has 2 aliphatic heterocycles. The number of nitrogens with one attached hydrogen (secondary N) is 2. The third-order valence-corrected chi connectivity index (χ3v) is 6.49. The van der Waals surface area contributed by atoms with Crippen molar-refractivity contribution in [2.24, 2.45) is 10.9 Å². The lowest BCUT2D eigenvalue weighted by molar-refractivity contribution is 0.176. The Kier molecular flexibility index (Phi) is 9.73. The van der Waals surface area contributed by atoms with Crippen molar-refractivity contribution in [1.29, 1.82) is 0 Å². The van der Waals surface area contributed by atoms with Gasteiger partial charge in [0.2, 0.25) is 0 Å². The van der Waals surface area contributed by atoms with Crippen LogP contribution in [0.15, 0.2) is 47.6 Å². The molecule has 4 rings (SSSR count). The van der Waals surface area contributed by atoms with Gasteiger partial charge >= 0.3 is 0 Å². The summed E-state index contributed by atoms with van der Waals surface area (Å²) >= 11 is 0. The van der Waals surface area contributed by atoms with Crippen LogP contribution in [0, 0.1) is 11.7 Å². The van der Waals surface area contributed by atoms with Crippen LogP contribution in [0.1, 0.15) is 37.3 Å². The number of halogens is 2. The van der Waals surface area contributed by atoms with Crippen LogP contribution < -0.4 is 15.5 Å². The maximum Gasteiger partial charge on any atom is 0.191 e. The van der Waals surface area contributed by atoms with Crippen molar-refractivity contribution >= 4 is 35.8 Å². The van der Waals surface area contributed by atoms with Crippen molar-refractivity contribution in [3.05, 3.63) is 59.5 Å². The number of anilines is 1. The highest BCUT2D eigenvalue weighted by Gasteiger charge is 2.26. The molecule has 2 fully saturated rings. The number of hydrogen-bond acceptors (Lipinski definition) is 4. The summed E-state index contributed by atoms with van der Waals surface area (Å²) in [7, 11) is 1.79. The molecule has 0 radical (unpaired) electrons. The van der Waals surface area contributed by atoms with Crippen LogP contribution in [0.5, 0.6) is 0 Å². The molecule has 180 valence electrons. The smallest absolute Gasteiger partial charge is 0.191 e. The minimum atomic E-state index is -0.268. The molecule has 0 bridgehead atoms. The summed E-state index contributed by atoms with van der Waals surface area (Å²) in [6.07, 6.45) is 5.19. The van der Waals surface area contributed by atoms with Gasteiger partial charge in [0.15, 0.2) is 17.6 Å². The third kappa shape index (κ3) is 7.02. The van der Waals surface area contributed by atoms with Crippen molar-refractivity contribution < 1.29 is 4.39 Å². The first kappa shape index (κ1) is 25.7. The van der Waals surface area contributed by atoms with Crippen molar-refractivity contribution in [2.75, 3.05) is 38.1 Å². The minimum absolute atomic E-state index is 0. The first-order chi connectivity index (χ1) is 15.6. The van der Waals surface area contributed by atoms with Crippen LogP contribution in [0.3, 0.4) is 0 Å². The molecule has 2 aromatic rings. The predicted molar refractivity (Wildman–Crippen MR) is 144 cm³/mol. The molecular weight excluding hydrogens is 530 g/mol. The lowest BCUT2D eigenvalue weighted by atomic mass is 9.99. The number of guanidine groups is 1. The van der Waals surface area contributed by atoms with Gasteiger partial charge in [-0.1, -0.05) is 31.2 Å². The van der Waals surface area contributed by atoms with Crippen LogP contribution in [0.4, 0.5) is 10.2 Å². The first-order valence-electron chi connectivity index (χ1n) is 11.7. The molecule has 33 heavy (non-hydrogen) atoms. The fourth-order valence-corrected chi connectivity index (χ4v) is 4.80. The molecule has 0 saturated carbocycles. The van der Waals surface area contributed by atoms with E-state index in [1.54, 1.807) is 19.3 Å². The topological polar surface area (TPSA) is 55.8 Å². The number of rotatable bonds is 6. The highest BCUT2D eigenvalue weighted by Crippen LogP contribution is 2.21. The predicted octanol–water partition coefficient (Wildman–Crippen LogP) is 4.01. The molecule has 1 aromatic heterocycles. The Morgan fingerprint density at radius 2 is 1.94 bits per heavy atom. The van der Waals surface area contributed by atoms with Gasteiger partial charge in [-0.3, -0.25) is 9.89 Å². The third-order valence-electron chi connectivity index (χ3n) is 6.49. The van der Waals surface area contributed by atoms with Gasteiger partial charge in [-0.25, -0.2) is 9.37 Å². The average Bonchev–Trinajstić information content (AvgIpc) is 3.26. The molecule has 0 amide bonds. The number of aromatic nitrogens is 1. The monoisotopic (exact) mass is 566 g/mol. The summed E-state index contributed by atoms with van der Waals surface area (Å²) in [6.45, 7) is 7.93. The van der Waals surface area contributed by atoms with E-state index in [1.165, 1.54) is 43.1 Å². The van der Waals surface area contributed by atoms with Crippen LogP contribution in [0.25, 0.3) is 0 Å². The SMILES string of the molecule is CN=C(NCc1ccccc1CN1CCCC(C)C1)NC1CCN(c2ncccc2F)C1.I. The van der Waals surface area contributed by atoms with Crippen LogP contribution in [-0.4, -0.2) is 55.1 Å². The largest absolute Gasteiger partial charge is 0.352 e. The number of hydrogen-bond donors (Lipinski definition) is 2. The Bertz CT molecular complexity index is 923. The van der Waals surface area contributed by atoms with E-state index in [4.69, 9.17) is 0 Å². The van der Waals surface area contributed by atoms with Crippen LogP contribution >= 0.6 is 24.0 Å². The van der Waals surface area contributed by atoms with E-state index >= 15 is 0 Å². The summed E-state index contributed by atoms with van der Waals surface area (Å²) in [4.78, 5) is 13.2. The zero-order valence-electron chi connectivity index (χ0n) is 19.6. The molecule has 0 spiro atoms. The van der Waals surface area contributed by atoms with Crippen molar-refractivity contribution in [1.82, 2.24) is 20.5 Å². The molecule has 3 heterocycles. The number of aliphatic imine (C=N–C) groups is 1. The molecular formula is C25H36FIN6. The van der Waals surface area contributed by atoms with E-state index in [2.05, 4.69) is 56.7 Å². The Hall–Kier alpha value is -1.94. The molecule has 2 saturated heterocycles. The van der Waals surface area contributed by atoms with Crippen LogP contribution in [-0.2, 0) is 13.1 Å². The molecule has 6 nitrogen and oxygen atoms in total. The van der Waals surface area contributed by atoms with E-state index < -0.39 is 0 Å². The number of pyridine rings is 1. The van der Waals surface area contributed by atoms with Crippen LogP contribution in [0.2, 0.25) is 0 Å². The average molecular weight is 567 g/mol. The van der Waals surface area contributed by atoms with Gasteiger partial charge in [0.05, 0.1) is 0 Å². The number of nitrogens with zero attached hydrogens (tertiary/aromatic N) is 4. The van der Waals surface area contributed by atoms with Crippen molar-refractivity contribution in [3.8, 4) is 0 Å². The Morgan fingerprint density at radius 3 is 2.70 bits per heavy atom. The van der Waals surface area contributed by atoms with Gasteiger partial charge in [-0.05, 0) is 55.0 Å². The second-order valence-electron chi connectivity index (χ2n) is 9.06. The highest BCUT2D eigenvalue weighted by molar-refractivity contribution is 14.0. The molecule has 2 N–H and O–H groups in total. The number of benzene rings is 1. The van der Waals surface area contributed by atoms with Gasteiger partial charge in [-0.2, -0.15) is 0 Å². The van der Waals surface area contributed by atoms with Gasteiger partial charge in [0.1, 0.15) is 0 Å². The number of likely N-dealkylation sites (tertiary alicyclic amines) is 1. The maximum atomic E-state index is 14.1. The van der Waals surface area contributed by atoms with Gasteiger partial charge < -0.3 is 15.5 Å². The van der Waals surface area contributed by atoms with E-state index in [0.29, 0.717) is 12.4 Å². The summed E-state index contributed by atoms with van der Waals surface area (Å²) < 4.78 is 14.1. The first-order valence-corrected chi connectivity index (χ1v) is 11.7. The molecule has 2 aliphatic rings. The summed E-state index contributed by atoms with van der Waals surface area (Å²) in [5.74, 6) is 1.72. The van der Waals surface area contributed by atoms with Crippen molar-refractivity contribution in [3.63, 3.8) is 0 Å². The fourth-order valence-electron chi connectivity index (χ4n) is 4.80. The zero-order valence-corrected chi connectivity index (χ0v) is 22.0. The van der Waals surface area contributed by atoms with E-state index in [9.17, 15) is 4.39 Å². The van der Waals surface area contributed by atoms with Gasteiger partial charge in [0.25, 0.3) is 0 Å². The summed E-state index contributed by atoms with van der Waals surface area (Å²) in [6, 6.07) is 12.0. The van der Waals surface area contributed by atoms with E-state index in [0.717, 1.165) is 37.9 Å². The lowest BCUT2D eigenvalue weighted by Gasteiger charge is -2.31. The molecule has 8 heteroatoms.